The zero-order chi connectivity index (χ0) is 14.3. The van der Waals surface area contributed by atoms with Crippen LogP contribution in [0.5, 0.6) is 0 Å². The Morgan fingerprint density at radius 3 is 1.89 bits per heavy atom. The lowest BCUT2D eigenvalue weighted by atomic mass is 9.75. The molecule has 1 aliphatic rings. The maximum Gasteiger partial charge on any atom is 0.0182 e. The molecule has 2 rings (SSSR count). The van der Waals surface area contributed by atoms with Crippen molar-refractivity contribution in [3.05, 3.63) is 58.7 Å². The molecule has 0 aliphatic heterocycles. The van der Waals surface area contributed by atoms with Crippen molar-refractivity contribution in [2.45, 2.75) is 53.4 Å². The topological polar surface area (TPSA) is 0 Å². The number of rotatable bonds is 1. The second-order valence-corrected chi connectivity index (χ2v) is 6.66. The first-order valence-electron chi connectivity index (χ1n) is 7.26. The first-order chi connectivity index (χ1) is 8.85. The summed E-state index contributed by atoms with van der Waals surface area (Å²) in [5.41, 5.74) is 6.19. The molecule has 1 fully saturated rings. The Labute approximate surface area is 118 Å². The van der Waals surface area contributed by atoms with Crippen molar-refractivity contribution in [1.29, 1.82) is 0 Å². The quantitative estimate of drug-likeness (QED) is 0.614. The van der Waals surface area contributed by atoms with Gasteiger partial charge in [0.05, 0.1) is 0 Å². The zero-order valence-electron chi connectivity index (χ0n) is 13.2. The van der Waals surface area contributed by atoms with E-state index in [1.807, 2.05) is 0 Å². The number of hydrogen-bond donors (Lipinski definition) is 0. The third-order valence-corrected chi connectivity index (χ3v) is 4.68. The van der Waals surface area contributed by atoms with Crippen molar-refractivity contribution in [3.8, 4) is 0 Å². The smallest absolute Gasteiger partial charge is 0.0182 e. The highest BCUT2D eigenvalue weighted by molar-refractivity contribution is 5.53. The van der Waals surface area contributed by atoms with E-state index < -0.39 is 0 Å². The van der Waals surface area contributed by atoms with Gasteiger partial charge in [-0.25, -0.2) is 0 Å². The molecule has 0 bridgehead atoms. The van der Waals surface area contributed by atoms with Crippen molar-refractivity contribution in [3.63, 3.8) is 0 Å². The Morgan fingerprint density at radius 2 is 1.42 bits per heavy atom. The molecule has 1 unspecified atom stereocenters. The van der Waals surface area contributed by atoms with Crippen LogP contribution in [-0.4, -0.2) is 0 Å². The predicted octanol–water partition coefficient (Wildman–Crippen LogP) is 5.58. The van der Waals surface area contributed by atoms with E-state index in [4.69, 9.17) is 0 Å². The van der Waals surface area contributed by atoms with E-state index in [1.165, 1.54) is 28.7 Å². The molecule has 1 saturated carbocycles. The molecule has 0 heteroatoms. The van der Waals surface area contributed by atoms with Crippen LogP contribution in [0.1, 0.15) is 52.2 Å². The summed E-state index contributed by atoms with van der Waals surface area (Å²) < 4.78 is 0. The average Bonchev–Trinajstić information content (AvgIpc) is 2.55. The summed E-state index contributed by atoms with van der Waals surface area (Å²) in [7, 11) is 0. The third-order valence-electron chi connectivity index (χ3n) is 4.68. The van der Waals surface area contributed by atoms with E-state index in [2.05, 4.69) is 78.0 Å². The van der Waals surface area contributed by atoms with Gasteiger partial charge >= 0.3 is 0 Å². The first kappa shape index (κ1) is 14.1. The van der Waals surface area contributed by atoms with Crippen LogP contribution in [0, 0.1) is 12.3 Å². The monoisotopic (exact) mass is 254 g/mol. The molecule has 0 aromatic heterocycles. The fourth-order valence-electron chi connectivity index (χ4n) is 3.94. The standard InChI is InChI=1S/C19H26/c1-7-16-17(8-2)19(6,13-18(16,4)5)15-11-9-14(3)10-12-15/h7-12H,13H2,1-6H3/b16-7?,17-8+. The molecule has 0 saturated heterocycles. The van der Waals surface area contributed by atoms with Gasteiger partial charge < -0.3 is 0 Å². The Kier molecular flexibility index (Phi) is 3.47. The van der Waals surface area contributed by atoms with Gasteiger partial charge in [-0.1, -0.05) is 62.8 Å². The van der Waals surface area contributed by atoms with Crippen molar-refractivity contribution >= 4 is 0 Å². The van der Waals surface area contributed by atoms with Crippen LogP contribution in [0.3, 0.4) is 0 Å². The van der Waals surface area contributed by atoms with Crippen molar-refractivity contribution < 1.29 is 0 Å². The molecular formula is C19H26. The van der Waals surface area contributed by atoms with Crippen LogP contribution in [0.4, 0.5) is 0 Å². The minimum Gasteiger partial charge on any atom is -0.0836 e. The highest BCUT2D eigenvalue weighted by Gasteiger charge is 2.47. The molecule has 0 radical (unpaired) electrons. The van der Waals surface area contributed by atoms with Crippen molar-refractivity contribution in [2.24, 2.45) is 5.41 Å². The highest BCUT2D eigenvalue weighted by atomic mass is 14.5. The molecular weight excluding hydrogens is 228 g/mol. The largest absolute Gasteiger partial charge is 0.0836 e. The van der Waals surface area contributed by atoms with Gasteiger partial charge in [0.1, 0.15) is 0 Å². The van der Waals surface area contributed by atoms with Crippen LogP contribution >= 0.6 is 0 Å². The first-order valence-corrected chi connectivity index (χ1v) is 7.26. The van der Waals surface area contributed by atoms with Gasteiger partial charge in [0.15, 0.2) is 0 Å². The summed E-state index contributed by atoms with van der Waals surface area (Å²) in [5, 5.41) is 0. The number of benzene rings is 1. The second-order valence-electron chi connectivity index (χ2n) is 6.66. The SMILES string of the molecule is CC=C1/C(=C\C)C(C)(c2ccc(C)cc2)CC1(C)C. The molecule has 0 nitrogen and oxygen atoms in total. The van der Waals surface area contributed by atoms with Crippen LogP contribution in [0.25, 0.3) is 0 Å². The molecule has 0 spiro atoms. The van der Waals surface area contributed by atoms with Gasteiger partial charge in [0, 0.05) is 5.41 Å². The lowest BCUT2D eigenvalue weighted by Crippen LogP contribution is -2.21. The minimum absolute atomic E-state index is 0.147. The van der Waals surface area contributed by atoms with Crippen molar-refractivity contribution in [2.75, 3.05) is 0 Å². The summed E-state index contributed by atoms with van der Waals surface area (Å²) in [4.78, 5) is 0. The maximum atomic E-state index is 2.39. The normalized spacial score (nSPS) is 30.2. The molecule has 1 aliphatic carbocycles. The van der Waals surface area contributed by atoms with Gasteiger partial charge in [0.25, 0.3) is 0 Å². The van der Waals surface area contributed by atoms with Crippen molar-refractivity contribution in [1.82, 2.24) is 0 Å². The van der Waals surface area contributed by atoms with E-state index in [-0.39, 0.29) is 10.8 Å². The number of aryl methyl sites for hydroxylation is 1. The van der Waals surface area contributed by atoms with Crippen LogP contribution < -0.4 is 0 Å². The Hall–Kier alpha value is -1.30. The fourth-order valence-corrected chi connectivity index (χ4v) is 3.94. The third kappa shape index (κ3) is 2.18. The molecule has 19 heavy (non-hydrogen) atoms. The van der Waals surface area contributed by atoms with Gasteiger partial charge in [-0.15, -0.1) is 0 Å². The zero-order valence-corrected chi connectivity index (χ0v) is 13.2. The predicted molar refractivity (Wildman–Crippen MR) is 84.4 cm³/mol. The number of hydrogen-bond acceptors (Lipinski definition) is 0. The van der Waals surface area contributed by atoms with E-state index in [0.717, 1.165) is 0 Å². The highest BCUT2D eigenvalue weighted by Crippen LogP contribution is 2.57. The Balaban J connectivity index is 2.58. The fraction of sp³-hybridized carbons (Fsp3) is 0.474. The van der Waals surface area contributed by atoms with Gasteiger partial charge in [0.2, 0.25) is 0 Å². The summed E-state index contributed by atoms with van der Waals surface area (Å²) in [6.07, 6.45) is 5.79. The lowest BCUT2D eigenvalue weighted by Gasteiger charge is -2.28. The molecule has 0 N–H and O–H groups in total. The maximum absolute atomic E-state index is 2.39. The van der Waals surface area contributed by atoms with Gasteiger partial charge in [-0.3, -0.25) is 0 Å². The van der Waals surface area contributed by atoms with Crippen LogP contribution in [0.2, 0.25) is 0 Å². The molecule has 0 amide bonds. The average molecular weight is 254 g/mol. The van der Waals surface area contributed by atoms with E-state index in [9.17, 15) is 0 Å². The van der Waals surface area contributed by atoms with Gasteiger partial charge in [-0.05, 0) is 49.3 Å². The molecule has 102 valence electrons. The van der Waals surface area contributed by atoms with E-state index in [0.29, 0.717) is 0 Å². The van der Waals surface area contributed by atoms with Crippen LogP contribution in [-0.2, 0) is 5.41 Å². The van der Waals surface area contributed by atoms with Crippen LogP contribution in [0.15, 0.2) is 47.6 Å². The molecule has 0 heterocycles. The summed E-state index contributed by atoms with van der Waals surface area (Å²) in [6.45, 7) is 13.6. The van der Waals surface area contributed by atoms with E-state index >= 15 is 0 Å². The minimum atomic E-state index is 0.147. The van der Waals surface area contributed by atoms with Gasteiger partial charge in [-0.2, -0.15) is 0 Å². The molecule has 1 aromatic rings. The lowest BCUT2D eigenvalue weighted by molar-refractivity contribution is 0.388. The molecule has 1 aromatic carbocycles. The van der Waals surface area contributed by atoms with E-state index in [1.54, 1.807) is 0 Å². The molecule has 1 atom stereocenters. The summed E-state index contributed by atoms with van der Waals surface area (Å²) >= 11 is 0. The Bertz CT molecular complexity index is 526. The summed E-state index contributed by atoms with van der Waals surface area (Å²) in [5.74, 6) is 0. The summed E-state index contributed by atoms with van der Waals surface area (Å²) in [6, 6.07) is 9.06. The Morgan fingerprint density at radius 1 is 0.895 bits per heavy atom. The second kappa shape index (κ2) is 4.67. The number of allylic oxidation sites excluding steroid dienone is 4.